The summed E-state index contributed by atoms with van der Waals surface area (Å²) < 4.78 is 0. The van der Waals surface area contributed by atoms with Crippen molar-refractivity contribution in [1.29, 1.82) is 0 Å². The van der Waals surface area contributed by atoms with E-state index in [1.165, 1.54) is 32.4 Å². The molecule has 0 aromatic heterocycles. The smallest absolute Gasteiger partial charge is 0.254 e. The monoisotopic (exact) mass is 255 g/mol. The van der Waals surface area contributed by atoms with Crippen LogP contribution in [0.15, 0.2) is 12.2 Å². The van der Waals surface area contributed by atoms with Gasteiger partial charge in [-0.2, -0.15) is 0 Å². The van der Waals surface area contributed by atoms with E-state index in [1.54, 1.807) is 0 Å². The number of hydrogen-bond acceptors (Lipinski definition) is 4. The highest BCUT2D eigenvalue weighted by molar-refractivity contribution is 8.03. The van der Waals surface area contributed by atoms with Crippen LogP contribution in [-0.4, -0.2) is 35.7 Å². The molecule has 2 radical (unpaired) electrons. The van der Waals surface area contributed by atoms with Crippen molar-refractivity contribution >= 4 is 37.2 Å². The molecule has 4 nitrogen and oxygen atoms in total. The second-order valence-corrected chi connectivity index (χ2v) is 3.37. The van der Waals surface area contributed by atoms with Gasteiger partial charge in [-0.15, -0.1) is 0 Å². The highest BCUT2D eigenvalue weighted by atomic mass is 32.1. The van der Waals surface area contributed by atoms with E-state index in [1.807, 2.05) is 0 Å². The molecular weight excluding hydrogens is 237 g/mol. The summed E-state index contributed by atoms with van der Waals surface area (Å²) in [5.41, 5.74) is 0. The Morgan fingerprint density at radius 3 is 1.82 bits per heavy atom. The van der Waals surface area contributed by atoms with Crippen LogP contribution in [0, 0.1) is 0 Å². The summed E-state index contributed by atoms with van der Waals surface area (Å²) in [4.78, 5) is 33.8. The highest BCUT2D eigenvalue weighted by Gasteiger charge is 2.30. The van der Waals surface area contributed by atoms with Crippen LogP contribution in [0.3, 0.4) is 0 Å². The predicted octanol–water partition coefficient (Wildman–Crippen LogP) is 1.30. The molecule has 1 atom stereocenters. The lowest BCUT2D eigenvalue weighted by Gasteiger charge is -2.19. The van der Waals surface area contributed by atoms with Crippen molar-refractivity contribution in [2.45, 2.75) is 40.2 Å². The first-order valence-corrected chi connectivity index (χ1v) is 5.78. The largest absolute Gasteiger partial charge is 0.298 e. The Hall–Kier alpha value is -1.04. The van der Waals surface area contributed by atoms with E-state index in [0.29, 0.717) is 0 Å². The number of nitrogens with zero attached hydrogens (tertiary/aromatic N) is 1. The minimum Gasteiger partial charge on any atom is -0.298 e. The van der Waals surface area contributed by atoms with Crippen LogP contribution in [0.1, 0.15) is 34.1 Å². The van der Waals surface area contributed by atoms with Crippen LogP contribution in [-0.2, 0) is 14.4 Å². The SMILES string of the molecule is CC(=O)C(C)N1C(=O)C=CC1=O.CCC.[B]S. The third kappa shape index (κ3) is 6.31. The van der Waals surface area contributed by atoms with Gasteiger partial charge in [0, 0.05) is 12.2 Å². The molecule has 1 aliphatic rings. The maximum absolute atomic E-state index is 11.0. The van der Waals surface area contributed by atoms with Gasteiger partial charge in [-0.1, -0.05) is 20.3 Å². The fraction of sp³-hybridized carbons (Fsp3) is 0.545. The molecule has 1 heterocycles. The van der Waals surface area contributed by atoms with Crippen molar-refractivity contribution < 1.29 is 14.4 Å². The molecule has 1 unspecified atom stereocenters. The predicted molar refractivity (Wildman–Crippen MR) is 71.8 cm³/mol. The number of ketones is 1. The van der Waals surface area contributed by atoms with Gasteiger partial charge in [-0.3, -0.25) is 19.3 Å². The molecule has 6 heteroatoms. The second kappa shape index (κ2) is 10.1. The van der Waals surface area contributed by atoms with Crippen LogP contribution in [0.4, 0.5) is 0 Å². The number of carbonyl (C=O) groups is 3. The third-order valence-corrected chi connectivity index (χ3v) is 1.82. The van der Waals surface area contributed by atoms with Crippen molar-refractivity contribution in [2.75, 3.05) is 0 Å². The molecule has 0 N–H and O–H groups in total. The molecular formula is C11H18BNO3S. The highest BCUT2D eigenvalue weighted by Crippen LogP contribution is 2.09. The molecule has 0 fully saturated rings. The van der Waals surface area contributed by atoms with Crippen molar-refractivity contribution in [3.05, 3.63) is 12.2 Å². The lowest BCUT2D eigenvalue weighted by atomic mass is 10.2. The van der Waals surface area contributed by atoms with Crippen LogP contribution >= 0.6 is 12.5 Å². The summed E-state index contributed by atoms with van der Waals surface area (Å²) in [6, 6.07) is -0.653. The Bertz CT molecular complexity index is 287. The fourth-order valence-electron chi connectivity index (χ4n) is 0.975. The zero-order chi connectivity index (χ0) is 14.0. The van der Waals surface area contributed by atoms with E-state index in [0.717, 1.165) is 4.90 Å². The minimum absolute atomic E-state index is 0.194. The number of amides is 2. The number of imide groups is 1. The Kier molecular flexibility index (Phi) is 10.9. The first kappa shape index (κ1) is 18.3. The Labute approximate surface area is 109 Å². The lowest BCUT2D eigenvalue weighted by Crippen LogP contribution is -2.42. The van der Waals surface area contributed by atoms with Gasteiger partial charge in [0.05, 0.1) is 6.04 Å². The summed E-state index contributed by atoms with van der Waals surface area (Å²) in [5, 5.41) is 0. The molecule has 1 rings (SSSR count). The van der Waals surface area contributed by atoms with Crippen molar-refractivity contribution in [3.8, 4) is 0 Å². The number of rotatable bonds is 2. The van der Waals surface area contributed by atoms with E-state index in [2.05, 4.69) is 33.5 Å². The first-order chi connectivity index (χ1) is 7.95. The van der Waals surface area contributed by atoms with Crippen LogP contribution in [0.5, 0.6) is 0 Å². The van der Waals surface area contributed by atoms with Gasteiger partial charge >= 0.3 is 0 Å². The Morgan fingerprint density at radius 2 is 1.59 bits per heavy atom. The fourth-order valence-corrected chi connectivity index (χ4v) is 0.975. The topological polar surface area (TPSA) is 54.5 Å². The molecule has 0 aromatic carbocycles. The number of hydrogen-bond donors (Lipinski definition) is 1. The first-order valence-electron chi connectivity index (χ1n) is 5.27. The Morgan fingerprint density at radius 1 is 1.29 bits per heavy atom. The minimum atomic E-state index is -0.653. The number of thiol groups is 1. The van der Waals surface area contributed by atoms with Crippen LogP contribution in [0.2, 0.25) is 0 Å². The average molecular weight is 255 g/mol. The molecule has 0 saturated carbocycles. The van der Waals surface area contributed by atoms with Gasteiger partial charge in [0.1, 0.15) is 0 Å². The summed E-state index contributed by atoms with van der Waals surface area (Å²) in [6.07, 6.45) is 3.59. The number of carbonyl (C=O) groups excluding carboxylic acids is 3. The molecule has 94 valence electrons. The quantitative estimate of drug-likeness (QED) is 0.459. The molecule has 0 aromatic rings. The van der Waals surface area contributed by atoms with Crippen LogP contribution in [0.25, 0.3) is 0 Å². The van der Waals surface area contributed by atoms with Gasteiger partial charge in [-0.05, 0) is 13.8 Å². The van der Waals surface area contributed by atoms with Gasteiger partial charge in [0.15, 0.2) is 12.9 Å². The average Bonchev–Trinajstić information content (AvgIpc) is 2.61. The van der Waals surface area contributed by atoms with Crippen molar-refractivity contribution in [1.82, 2.24) is 4.90 Å². The lowest BCUT2D eigenvalue weighted by molar-refractivity contribution is -0.143. The van der Waals surface area contributed by atoms with Crippen molar-refractivity contribution in [2.24, 2.45) is 0 Å². The standard InChI is InChI=1S/C8H9NO3.C3H8.BHS/c1-5(6(2)10)9-7(11)3-4-8(9)12;1-3-2;1-2/h3-5H,1-2H3;3H2,1-2H3;2H. The molecule has 0 aliphatic carbocycles. The second-order valence-electron chi connectivity index (χ2n) is 3.37. The summed E-state index contributed by atoms with van der Waals surface area (Å²) in [6.45, 7) is 7.13. The molecule has 0 spiro atoms. The van der Waals surface area contributed by atoms with Crippen molar-refractivity contribution in [3.63, 3.8) is 0 Å². The normalized spacial score (nSPS) is 14.5. The number of Topliss-reactive ketones (excluding diaryl/α,β-unsaturated/α-hetero) is 1. The zero-order valence-corrected chi connectivity index (χ0v) is 11.5. The Balaban J connectivity index is 0. The van der Waals surface area contributed by atoms with E-state index < -0.39 is 17.9 Å². The van der Waals surface area contributed by atoms with Gasteiger partial charge in [-0.25, -0.2) is 12.5 Å². The maximum atomic E-state index is 11.0. The van der Waals surface area contributed by atoms with E-state index >= 15 is 0 Å². The summed E-state index contributed by atoms with van der Waals surface area (Å²) in [5.74, 6) is -1.02. The molecule has 2 amide bonds. The van der Waals surface area contributed by atoms with Gasteiger partial charge < -0.3 is 0 Å². The maximum Gasteiger partial charge on any atom is 0.254 e. The van der Waals surface area contributed by atoms with E-state index in [9.17, 15) is 14.4 Å². The van der Waals surface area contributed by atoms with Gasteiger partial charge in [0.25, 0.3) is 11.8 Å². The van der Waals surface area contributed by atoms with E-state index in [-0.39, 0.29) is 5.78 Å². The van der Waals surface area contributed by atoms with E-state index in [4.69, 9.17) is 0 Å². The molecule has 0 saturated heterocycles. The zero-order valence-electron chi connectivity index (χ0n) is 10.6. The molecule has 0 bridgehead atoms. The van der Waals surface area contributed by atoms with Crippen LogP contribution < -0.4 is 0 Å². The summed E-state index contributed by atoms with van der Waals surface area (Å²) in [7, 11) is 4.19. The molecule has 1 aliphatic heterocycles. The van der Waals surface area contributed by atoms with Gasteiger partial charge in [0.2, 0.25) is 0 Å². The summed E-state index contributed by atoms with van der Waals surface area (Å²) >= 11 is 3.03. The molecule has 17 heavy (non-hydrogen) atoms. The third-order valence-electron chi connectivity index (χ3n) is 1.82.